The summed E-state index contributed by atoms with van der Waals surface area (Å²) in [5, 5.41) is 0. The van der Waals surface area contributed by atoms with E-state index < -0.39 is 0 Å². The van der Waals surface area contributed by atoms with Crippen LogP contribution in [0.5, 0.6) is 0 Å². The van der Waals surface area contributed by atoms with E-state index in [0.717, 1.165) is 31.1 Å². The molecule has 0 radical (unpaired) electrons. The van der Waals surface area contributed by atoms with Crippen molar-refractivity contribution >= 4 is 5.78 Å². The molecule has 0 aromatic carbocycles. The van der Waals surface area contributed by atoms with Gasteiger partial charge in [0.1, 0.15) is 5.78 Å². The number of piperidine rings is 1. The number of hydrogen-bond acceptors (Lipinski definition) is 2. The lowest BCUT2D eigenvalue weighted by molar-refractivity contribution is -0.125. The maximum Gasteiger partial charge on any atom is 0.134 e. The molecule has 2 aliphatic carbocycles. The Morgan fingerprint density at radius 3 is 2.60 bits per heavy atom. The summed E-state index contributed by atoms with van der Waals surface area (Å²) in [4.78, 5) is 14.2. The Balaban J connectivity index is 1.74. The predicted molar refractivity (Wildman–Crippen MR) is 59.6 cm³/mol. The molecular weight excluding hydrogens is 186 g/mol. The number of nitrogens with zero attached hydrogens (tertiary/aromatic N) is 1. The summed E-state index contributed by atoms with van der Waals surface area (Å²) in [7, 11) is 0. The molecule has 3 atom stereocenters. The molecule has 3 fully saturated rings. The average Bonchev–Trinajstić information content (AvgIpc) is 2.78. The van der Waals surface area contributed by atoms with Gasteiger partial charge in [-0.2, -0.15) is 0 Å². The van der Waals surface area contributed by atoms with Crippen molar-refractivity contribution in [2.24, 2.45) is 17.3 Å². The average molecular weight is 207 g/mol. The second-order valence-corrected chi connectivity index (χ2v) is 6.46. The van der Waals surface area contributed by atoms with Crippen LogP contribution >= 0.6 is 0 Å². The van der Waals surface area contributed by atoms with Crippen molar-refractivity contribution in [3.05, 3.63) is 0 Å². The van der Waals surface area contributed by atoms with Crippen LogP contribution in [-0.4, -0.2) is 29.8 Å². The largest absolute Gasteiger partial charge is 0.300 e. The number of likely N-dealkylation sites (tertiary alicyclic amines) is 1. The second-order valence-electron chi connectivity index (χ2n) is 6.46. The highest BCUT2D eigenvalue weighted by Gasteiger charge is 2.50. The first-order valence-corrected chi connectivity index (χ1v) is 6.32. The second kappa shape index (κ2) is 3.07. The molecule has 0 spiro atoms. The lowest BCUT2D eigenvalue weighted by atomic mass is 9.72. The van der Waals surface area contributed by atoms with Crippen LogP contribution in [-0.2, 0) is 4.79 Å². The quantitative estimate of drug-likeness (QED) is 0.656. The van der Waals surface area contributed by atoms with E-state index in [0.29, 0.717) is 17.2 Å². The molecule has 2 heteroatoms. The third-order valence-corrected chi connectivity index (χ3v) is 4.82. The van der Waals surface area contributed by atoms with Gasteiger partial charge in [0.25, 0.3) is 0 Å². The van der Waals surface area contributed by atoms with Crippen molar-refractivity contribution in [2.45, 2.75) is 45.6 Å². The Kier molecular flexibility index (Phi) is 2.01. The van der Waals surface area contributed by atoms with E-state index in [9.17, 15) is 4.79 Å². The molecule has 3 aliphatic rings. The summed E-state index contributed by atoms with van der Waals surface area (Å²) >= 11 is 0. The van der Waals surface area contributed by atoms with Crippen LogP contribution in [0.15, 0.2) is 0 Å². The molecule has 0 bridgehead atoms. The Labute approximate surface area is 92.0 Å². The predicted octanol–water partition coefficient (Wildman–Crippen LogP) is 2.09. The van der Waals surface area contributed by atoms with Crippen LogP contribution in [0, 0.1) is 17.3 Å². The van der Waals surface area contributed by atoms with Crippen LogP contribution in [0.1, 0.15) is 39.5 Å². The van der Waals surface area contributed by atoms with E-state index in [2.05, 4.69) is 18.7 Å². The van der Waals surface area contributed by atoms with Gasteiger partial charge in [-0.05, 0) is 30.1 Å². The van der Waals surface area contributed by atoms with Gasteiger partial charge in [-0.15, -0.1) is 0 Å². The fraction of sp³-hybridized carbons (Fsp3) is 0.923. The molecule has 1 heterocycles. The van der Waals surface area contributed by atoms with Gasteiger partial charge in [0, 0.05) is 32.0 Å². The van der Waals surface area contributed by atoms with E-state index >= 15 is 0 Å². The van der Waals surface area contributed by atoms with Gasteiger partial charge in [-0.3, -0.25) is 9.69 Å². The SMILES string of the molecule is CC1(C)CCC(=O)CC1N1CC2CC2C1. The van der Waals surface area contributed by atoms with E-state index in [-0.39, 0.29) is 0 Å². The Morgan fingerprint density at radius 2 is 1.93 bits per heavy atom. The number of hydrogen-bond donors (Lipinski definition) is 0. The van der Waals surface area contributed by atoms with Crippen molar-refractivity contribution in [1.82, 2.24) is 4.90 Å². The van der Waals surface area contributed by atoms with Crippen LogP contribution in [0.4, 0.5) is 0 Å². The molecule has 0 aromatic heterocycles. The Morgan fingerprint density at radius 1 is 1.27 bits per heavy atom. The third kappa shape index (κ3) is 1.63. The minimum absolute atomic E-state index is 0.352. The Hall–Kier alpha value is -0.370. The summed E-state index contributed by atoms with van der Waals surface area (Å²) in [5.41, 5.74) is 0.352. The lowest BCUT2D eigenvalue weighted by Crippen LogP contribution is -2.48. The van der Waals surface area contributed by atoms with E-state index in [1.807, 2.05) is 0 Å². The topological polar surface area (TPSA) is 20.3 Å². The Bertz CT molecular complexity index is 287. The first-order chi connectivity index (χ1) is 7.06. The molecular formula is C13H21NO. The number of fused-ring (bicyclic) bond motifs is 1. The minimum Gasteiger partial charge on any atom is -0.300 e. The molecule has 0 amide bonds. The number of rotatable bonds is 1. The van der Waals surface area contributed by atoms with Crippen molar-refractivity contribution in [2.75, 3.05) is 13.1 Å². The van der Waals surface area contributed by atoms with Gasteiger partial charge < -0.3 is 0 Å². The molecule has 0 aromatic rings. The zero-order valence-corrected chi connectivity index (χ0v) is 9.83. The highest BCUT2D eigenvalue weighted by atomic mass is 16.1. The first-order valence-electron chi connectivity index (χ1n) is 6.32. The van der Waals surface area contributed by atoms with Crippen LogP contribution in [0.2, 0.25) is 0 Å². The van der Waals surface area contributed by atoms with Gasteiger partial charge in [-0.1, -0.05) is 13.8 Å². The van der Waals surface area contributed by atoms with Gasteiger partial charge in [0.05, 0.1) is 0 Å². The molecule has 3 unspecified atom stereocenters. The zero-order valence-electron chi connectivity index (χ0n) is 9.83. The first kappa shape index (κ1) is 9.83. The van der Waals surface area contributed by atoms with Crippen molar-refractivity contribution in [3.8, 4) is 0 Å². The number of carbonyl (C=O) groups is 1. The maximum atomic E-state index is 11.6. The monoisotopic (exact) mass is 207 g/mol. The summed E-state index contributed by atoms with van der Waals surface area (Å²) < 4.78 is 0. The summed E-state index contributed by atoms with van der Waals surface area (Å²) in [6.07, 6.45) is 4.16. The molecule has 84 valence electrons. The highest BCUT2D eigenvalue weighted by Crippen LogP contribution is 2.49. The van der Waals surface area contributed by atoms with Gasteiger partial charge in [0.2, 0.25) is 0 Å². The summed E-state index contributed by atoms with van der Waals surface area (Å²) in [6.45, 7) is 7.22. The van der Waals surface area contributed by atoms with E-state index in [1.165, 1.54) is 19.5 Å². The minimum atomic E-state index is 0.352. The number of Topliss-reactive ketones (excluding diaryl/α,β-unsaturated/α-hetero) is 1. The fourth-order valence-electron chi connectivity index (χ4n) is 3.53. The van der Waals surface area contributed by atoms with E-state index in [4.69, 9.17) is 0 Å². The molecule has 2 saturated carbocycles. The molecule has 3 rings (SSSR count). The third-order valence-electron chi connectivity index (χ3n) is 4.82. The van der Waals surface area contributed by atoms with Crippen LogP contribution in [0.25, 0.3) is 0 Å². The normalized spacial score (nSPS) is 44.1. The lowest BCUT2D eigenvalue weighted by Gasteiger charge is -2.43. The number of carbonyl (C=O) groups excluding carboxylic acids is 1. The highest BCUT2D eigenvalue weighted by molar-refractivity contribution is 5.80. The van der Waals surface area contributed by atoms with Gasteiger partial charge >= 0.3 is 0 Å². The van der Waals surface area contributed by atoms with Gasteiger partial charge in [-0.25, -0.2) is 0 Å². The van der Waals surface area contributed by atoms with E-state index in [1.54, 1.807) is 0 Å². The summed E-state index contributed by atoms with van der Waals surface area (Å²) in [6, 6.07) is 0.534. The molecule has 1 aliphatic heterocycles. The van der Waals surface area contributed by atoms with Crippen LogP contribution in [0.3, 0.4) is 0 Å². The molecule has 2 nitrogen and oxygen atoms in total. The summed E-state index contributed by atoms with van der Waals surface area (Å²) in [5.74, 6) is 2.45. The smallest absolute Gasteiger partial charge is 0.134 e. The maximum absolute atomic E-state index is 11.6. The fourth-order valence-corrected chi connectivity index (χ4v) is 3.53. The number of ketones is 1. The molecule has 0 N–H and O–H groups in total. The molecule has 15 heavy (non-hydrogen) atoms. The standard InChI is InChI=1S/C13H21NO/c1-13(2)4-3-11(15)6-12(13)14-7-9-5-10(9)8-14/h9-10,12H,3-8H2,1-2H3. The molecule has 1 saturated heterocycles. The zero-order chi connectivity index (χ0) is 10.6. The van der Waals surface area contributed by atoms with Crippen molar-refractivity contribution in [1.29, 1.82) is 0 Å². The van der Waals surface area contributed by atoms with Crippen molar-refractivity contribution < 1.29 is 4.79 Å². The van der Waals surface area contributed by atoms with Gasteiger partial charge in [0.15, 0.2) is 0 Å². The van der Waals surface area contributed by atoms with Crippen LogP contribution < -0.4 is 0 Å². The van der Waals surface area contributed by atoms with Crippen molar-refractivity contribution in [3.63, 3.8) is 0 Å².